The van der Waals surface area contributed by atoms with Gasteiger partial charge in [0.1, 0.15) is 0 Å². The molecule has 0 unspecified atom stereocenters. The lowest BCUT2D eigenvalue weighted by atomic mass is 9.78. The lowest BCUT2D eigenvalue weighted by molar-refractivity contribution is -0.125. The van der Waals surface area contributed by atoms with Gasteiger partial charge in [0, 0.05) is 6.04 Å². The molecule has 1 aliphatic rings. The minimum Gasteiger partial charge on any atom is -0.452 e. The highest BCUT2D eigenvalue weighted by atomic mass is 35.5. The quantitative estimate of drug-likeness (QED) is 0.658. The Bertz CT molecular complexity index is 639. The second-order valence-electron chi connectivity index (χ2n) is 6.26. The molecule has 1 fully saturated rings. The van der Waals surface area contributed by atoms with Gasteiger partial charge in [-0.25, -0.2) is 13.6 Å². The van der Waals surface area contributed by atoms with Crippen LogP contribution in [0, 0.1) is 23.5 Å². The zero-order chi connectivity index (χ0) is 17.9. The zero-order valence-electron chi connectivity index (χ0n) is 13.6. The average molecular weight is 360 g/mol. The summed E-state index contributed by atoms with van der Waals surface area (Å²) in [6.45, 7) is 3.74. The summed E-state index contributed by atoms with van der Waals surface area (Å²) < 4.78 is 31.0. The smallest absolute Gasteiger partial charge is 0.340 e. The van der Waals surface area contributed by atoms with Crippen molar-refractivity contribution in [2.75, 3.05) is 6.61 Å². The van der Waals surface area contributed by atoms with Crippen LogP contribution in [0.4, 0.5) is 8.78 Å². The zero-order valence-corrected chi connectivity index (χ0v) is 14.3. The summed E-state index contributed by atoms with van der Waals surface area (Å²) in [4.78, 5) is 23.8. The van der Waals surface area contributed by atoms with Crippen molar-refractivity contribution in [3.63, 3.8) is 0 Å². The molecular weight excluding hydrogens is 340 g/mol. The van der Waals surface area contributed by atoms with Crippen LogP contribution in [0.1, 0.15) is 43.5 Å². The number of rotatable bonds is 4. The number of amides is 1. The van der Waals surface area contributed by atoms with Gasteiger partial charge in [0.25, 0.3) is 5.91 Å². The third-order valence-corrected chi connectivity index (χ3v) is 4.93. The van der Waals surface area contributed by atoms with Crippen LogP contribution in [0.5, 0.6) is 0 Å². The number of ether oxygens (including phenoxy) is 1. The van der Waals surface area contributed by atoms with Crippen LogP contribution < -0.4 is 5.32 Å². The van der Waals surface area contributed by atoms with E-state index in [2.05, 4.69) is 19.2 Å². The number of halogens is 3. The summed E-state index contributed by atoms with van der Waals surface area (Å²) in [5.41, 5.74) is -0.317. The van der Waals surface area contributed by atoms with Crippen molar-refractivity contribution in [2.45, 2.75) is 39.2 Å². The number of esters is 1. The van der Waals surface area contributed by atoms with Crippen LogP contribution in [0.25, 0.3) is 0 Å². The fraction of sp³-hybridized carbons (Fsp3) is 0.529. The Balaban J connectivity index is 1.90. The number of carbonyl (C=O) groups excluding carboxylic acids is 2. The Morgan fingerprint density at radius 3 is 2.62 bits per heavy atom. The molecule has 3 atom stereocenters. The largest absolute Gasteiger partial charge is 0.452 e. The van der Waals surface area contributed by atoms with Gasteiger partial charge in [0.2, 0.25) is 0 Å². The Hall–Kier alpha value is -1.69. The highest BCUT2D eigenvalue weighted by Gasteiger charge is 2.28. The van der Waals surface area contributed by atoms with Gasteiger partial charge in [-0.2, -0.15) is 0 Å². The summed E-state index contributed by atoms with van der Waals surface area (Å²) in [5.74, 6) is -2.89. The number of hydrogen-bond donors (Lipinski definition) is 1. The van der Waals surface area contributed by atoms with Crippen molar-refractivity contribution in [3.8, 4) is 0 Å². The molecule has 0 aliphatic heterocycles. The van der Waals surface area contributed by atoms with E-state index in [9.17, 15) is 18.4 Å². The van der Waals surface area contributed by atoms with Crippen molar-refractivity contribution in [3.05, 3.63) is 34.4 Å². The first-order valence-corrected chi connectivity index (χ1v) is 8.28. The minimum atomic E-state index is -1.21. The third-order valence-electron chi connectivity index (χ3n) is 4.62. The molecule has 1 N–H and O–H groups in total. The second kappa shape index (κ2) is 7.92. The Morgan fingerprint density at radius 2 is 1.92 bits per heavy atom. The highest BCUT2D eigenvalue weighted by Crippen LogP contribution is 2.29. The Kier molecular flexibility index (Phi) is 6.15. The fourth-order valence-electron chi connectivity index (χ4n) is 2.92. The van der Waals surface area contributed by atoms with E-state index in [4.69, 9.17) is 16.3 Å². The summed E-state index contributed by atoms with van der Waals surface area (Å²) >= 11 is 5.69. The number of nitrogens with one attached hydrogen (secondary N) is 1. The molecule has 132 valence electrons. The molecule has 0 heterocycles. The van der Waals surface area contributed by atoms with Crippen molar-refractivity contribution >= 4 is 23.5 Å². The predicted molar refractivity (Wildman–Crippen MR) is 85.8 cm³/mol. The van der Waals surface area contributed by atoms with Gasteiger partial charge < -0.3 is 10.1 Å². The normalized spacial score (nSPS) is 23.6. The van der Waals surface area contributed by atoms with E-state index >= 15 is 0 Å². The van der Waals surface area contributed by atoms with Crippen LogP contribution in [0.2, 0.25) is 5.02 Å². The lowest BCUT2D eigenvalue weighted by Gasteiger charge is -2.34. The molecular formula is C17H20ClF2NO3. The highest BCUT2D eigenvalue weighted by molar-refractivity contribution is 6.33. The Morgan fingerprint density at radius 1 is 1.25 bits per heavy atom. The summed E-state index contributed by atoms with van der Waals surface area (Å²) in [7, 11) is 0. The van der Waals surface area contributed by atoms with Gasteiger partial charge in [-0.05, 0) is 30.4 Å². The molecule has 7 heteroatoms. The third kappa shape index (κ3) is 4.44. The van der Waals surface area contributed by atoms with Crippen LogP contribution in [0.3, 0.4) is 0 Å². The lowest BCUT2D eigenvalue weighted by Crippen LogP contribution is -2.45. The van der Waals surface area contributed by atoms with Gasteiger partial charge in [-0.1, -0.05) is 38.3 Å². The summed E-state index contributed by atoms with van der Waals surface area (Å²) in [6.07, 6.45) is 3.07. The van der Waals surface area contributed by atoms with E-state index < -0.39 is 30.1 Å². The van der Waals surface area contributed by atoms with Gasteiger partial charge in [0.15, 0.2) is 18.2 Å². The van der Waals surface area contributed by atoms with Crippen LogP contribution >= 0.6 is 11.6 Å². The predicted octanol–water partition coefficient (Wildman–Crippen LogP) is 3.72. The van der Waals surface area contributed by atoms with Gasteiger partial charge >= 0.3 is 5.97 Å². The second-order valence-corrected chi connectivity index (χ2v) is 6.67. The first-order valence-electron chi connectivity index (χ1n) is 7.90. The fourth-order valence-corrected chi connectivity index (χ4v) is 3.15. The van der Waals surface area contributed by atoms with E-state index in [1.807, 2.05) is 0 Å². The first-order chi connectivity index (χ1) is 11.3. The van der Waals surface area contributed by atoms with Crippen molar-refractivity contribution in [1.29, 1.82) is 0 Å². The molecule has 1 aromatic carbocycles. The van der Waals surface area contributed by atoms with Crippen molar-refractivity contribution in [2.24, 2.45) is 11.8 Å². The number of benzene rings is 1. The molecule has 0 radical (unpaired) electrons. The maximum absolute atomic E-state index is 13.2. The van der Waals surface area contributed by atoms with Crippen LogP contribution in [-0.4, -0.2) is 24.5 Å². The van der Waals surface area contributed by atoms with Gasteiger partial charge in [-0.3, -0.25) is 4.79 Å². The van der Waals surface area contributed by atoms with E-state index in [0.29, 0.717) is 24.0 Å². The van der Waals surface area contributed by atoms with E-state index in [1.54, 1.807) is 0 Å². The topological polar surface area (TPSA) is 55.4 Å². The maximum atomic E-state index is 13.2. The monoisotopic (exact) mass is 359 g/mol. The SMILES string of the molecule is C[C@@H]1[C@H](C)CCC[C@@H]1NC(=O)COC(=O)c1cc(F)c(F)cc1Cl. The molecule has 0 saturated heterocycles. The standard InChI is InChI=1S/C17H20ClF2NO3/c1-9-4-3-5-15(10(9)2)21-16(22)8-24-17(23)11-6-13(19)14(20)7-12(11)18/h6-7,9-10,15H,3-5,8H2,1-2H3,(H,21,22)/t9-,10-,15+/m1/s1. The van der Waals surface area contributed by atoms with E-state index in [1.165, 1.54) is 0 Å². The molecule has 1 aliphatic carbocycles. The molecule has 1 aromatic rings. The molecule has 24 heavy (non-hydrogen) atoms. The maximum Gasteiger partial charge on any atom is 0.340 e. The van der Waals surface area contributed by atoms with Gasteiger partial charge in [0.05, 0.1) is 10.6 Å². The van der Waals surface area contributed by atoms with Gasteiger partial charge in [-0.15, -0.1) is 0 Å². The molecule has 1 amide bonds. The van der Waals surface area contributed by atoms with Crippen LogP contribution in [-0.2, 0) is 9.53 Å². The van der Waals surface area contributed by atoms with Crippen molar-refractivity contribution in [1.82, 2.24) is 5.32 Å². The summed E-state index contributed by atoms with van der Waals surface area (Å²) in [6, 6.07) is 1.40. The summed E-state index contributed by atoms with van der Waals surface area (Å²) in [5, 5.41) is 2.59. The molecule has 1 saturated carbocycles. The van der Waals surface area contributed by atoms with Crippen LogP contribution in [0.15, 0.2) is 12.1 Å². The average Bonchev–Trinajstić information content (AvgIpc) is 2.53. The molecule has 0 aromatic heterocycles. The molecule has 0 bridgehead atoms. The van der Waals surface area contributed by atoms with E-state index in [-0.39, 0.29) is 16.6 Å². The van der Waals surface area contributed by atoms with Crippen molar-refractivity contribution < 1.29 is 23.1 Å². The molecule has 0 spiro atoms. The molecule has 4 nitrogen and oxygen atoms in total. The Labute approximate surface area is 144 Å². The molecule has 2 rings (SSSR count). The number of carbonyl (C=O) groups is 2. The van der Waals surface area contributed by atoms with E-state index in [0.717, 1.165) is 19.3 Å². The first kappa shape index (κ1) is 18.6. The number of hydrogen-bond acceptors (Lipinski definition) is 3. The minimum absolute atomic E-state index is 0.0480.